The number of carbonyl (C=O) groups is 1. The number of nitrogens with zero attached hydrogens (tertiary/aromatic N) is 1. The van der Waals surface area contributed by atoms with Gasteiger partial charge in [-0.2, -0.15) is 0 Å². The monoisotopic (exact) mass is 525 g/mol. The largest absolute Gasteiger partial charge is 0.490 e. The number of benzene rings is 3. The number of nitro groups is 1. The van der Waals surface area contributed by atoms with Gasteiger partial charge in [-0.3, -0.25) is 20.2 Å². The Hall–Kier alpha value is -3.69. The van der Waals surface area contributed by atoms with Crippen molar-refractivity contribution in [3.8, 4) is 11.5 Å². The van der Waals surface area contributed by atoms with Gasteiger partial charge in [0.15, 0.2) is 17.0 Å². The molecule has 0 bridgehead atoms. The van der Waals surface area contributed by atoms with E-state index in [-0.39, 0.29) is 23.2 Å². The highest BCUT2D eigenvalue weighted by Crippen LogP contribution is 2.51. The normalized spacial score (nSPS) is 24.1. The molecule has 2 aliphatic heterocycles. The molecule has 5 rings (SSSR count). The summed E-state index contributed by atoms with van der Waals surface area (Å²) in [4.78, 5) is 25.4. The first-order valence-corrected chi connectivity index (χ1v) is 12.3. The molecule has 10 heteroatoms. The van der Waals surface area contributed by atoms with E-state index < -0.39 is 34.4 Å². The van der Waals surface area contributed by atoms with Gasteiger partial charge in [-0.05, 0) is 55.3 Å². The Kier molecular flexibility index (Phi) is 6.51. The number of rotatable bonds is 7. The highest BCUT2D eigenvalue weighted by atomic mass is 35.5. The van der Waals surface area contributed by atoms with Crippen LogP contribution < -0.4 is 20.1 Å². The predicted molar refractivity (Wildman–Crippen MR) is 136 cm³/mol. The maximum Gasteiger partial charge on any atom is 0.256 e. The highest BCUT2D eigenvalue weighted by molar-refractivity contribution is 6.32. The number of ether oxygens (including phenoxy) is 2. The lowest BCUT2D eigenvalue weighted by Crippen LogP contribution is -2.54. The molecule has 1 spiro atoms. The van der Waals surface area contributed by atoms with Crippen LogP contribution in [0, 0.1) is 15.9 Å². The van der Waals surface area contributed by atoms with Crippen molar-refractivity contribution in [1.82, 2.24) is 5.32 Å². The molecule has 2 aliphatic rings. The van der Waals surface area contributed by atoms with Gasteiger partial charge in [-0.1, -0.05) is 41.9 Å². The Morgan fingerprint density at radius 2 is 1.92 bits per heavy atom. The molecule has 3 aromatic carbocycles. The van der Waals surface area contributed by atoms with E-state index in [0.29, 0.717) is 34.7 Å². The van der Waals surface area contributed by atoms with Gasteiger partial charge < -0.3 is 14.8 Å². The quantitative estimate of drug-likeness (QED) is 0.331. The lowest BCUT2D eigenvalue weighted by atomic mass is 9.78. The van der Waals surface area contributed by atoms with E-state index in [2.05, 4.69) is 10.6 Å². The number of hydrogen-bond donors (Lipinski definition) is 2. The van der Waals surface area contributed by atoms with Gasteiger partial charge in [0.05, 0.1) is 17.5 Å². The maximum atomic E-state index is 13.6. The SMILES string of the molecule is CCOc1cc([C@@H]2[C@H](C)N[C@]3(C(=O)Nc4ccccc43)[C@@H]2[N+](=O)[O-])cc(Cl)c1OCc1cccc(F)c1. The number of para-hydroxylation sites is 1. The van der Waals surface area contributed by atoms with Crippen molar-refractivity contribution in [1.29, 1.82) is 0 Å². The lowest BCUT2D eigenvalue weighted by Gasteiger charge is -2.25. The fourth-order valence-electron chi connectivity index (χ4n) is 5.52. The Morgan fingerprint density at radius 3 is 2.65 bits per heavy atom. The minimum atomic E-state index is -1.53. The van der Waals surface area contributed by atoms with Crippen molar-refractivity contribution in [2.24, 2.45) is 0 Å². The number of halogens is 2. The molecule has 2 heterocycles. The summed E-state index contributed by atoms with van der Waals surface area (Å²) in [6.07, 6.45) is 0. The summed E-state index contributed by atoms with van der Waals surface area (Å²) in [6, 6.07) is 14.5. The smallest absolute Gasteiger partial charge is 0.256 e. The number of fused-ring (bicyclic) bond motifs is 2. The minimum Gasteiger partial charge on any atom is -0.490 e. The molecule has 4 atom stereocenters. The van der Waals surface area contributed by atoms with Crippen LogP contribution >= 0.6 is 11.6 Å². The molecule has 37 heavy (non-hydrogen) atoms. The molecular formula is C27H25ClFN3O5. The number of hydrogen-bond acceptors (Lipinski definition) is 6. The zero-order valence-electron chi connectivity index (χ0n) is 20.2. The minimum absolute atomic E-state index is 0.0515. The second kappa shape index (κ2) is 9.64. The third-order valence-corrected chi connectivity index (χ3v) is 7.23. The molecule has 8 nitrogen and oxygen atoms in total. The van der Waals surface area contributed by atoms with Crippen LogP contribution in [-0.4, -0.2) is 29.5 Å². The summed E-state index contributed by atoms with van der Waals surface area (Å²) >= 11 is 6.63. The van der Waals surface area contributed by atoms with Gasteiger partial charge in [0.2, 0.25) is 0 Å². The molecule has 0 aromatic heterocycles. The van der Waals surface area contributed by atoms with Gasteiger partial charge >= 0.3 is 0 Å². The van der Waals surface area contributed by atoms with Crippen molar-refractivity contribution in [2.75, 3.05) is 11.9 Å². The molecular weight excluding hydrogens is 501 g/mol. The maximum absolute atomic E-state index is 13.6. The van der Waals surface area contributed by atoms with E-state index in [1.54, 1.807) is 55.5 Å². The second-order valence-electron chi connectivity index (χ2n) is 9.18. The topological polar surface area (TPSA) is 103 Å². The van der Waals surface area contributed by atoms with E-state index in [9.17, 15) is 19.3 Å². The van der Waals surface area contributed by atoms with Crippen molar-refractivity contribution in [3.63, 3.8) is 0 Å². The Bertz CT molecular complexity index is 1390. The van der Waals surface area contributed by atoms with Crippen LogP contribution in [-0.2, 0) is 16.9 Å². The molecule has 0 unspecified atom stereocenters. The van der Waals surface area contributed by atoms with Gasteiger partial charge in [-0.15, -0.1) is 0 Å². The van der Waals surface area contributed by atoms with Crippen LogP contribution in [0.3, 0.4) is 0 Å². The summed E-state index contributed by atoms with van der Waals surface area (Å²) < 4.78 is 25.3. The Morgan fingerprint density at radius 1 is 1.14 bits per heavy atom. The first kappa shape index (κ1) is 25.0. The van der Waals surface area contributed by atoms with Crippen molar-refractivity contribution in [2.45, 2.75) is 44.0 Å². The molecule has 1 saturated heterocycles. The van der Waals surface area contributed by atoms with Crippen LogP contribution in [0.15, 0.2) is 60.7 Å². The van der Waals surface area contributed by atoms with Crippen molar-refractivity contribution in [3.05, 3.63) is 98.3 Å². The van der Waals surface area contributed by atoms with Crippen LogP contribution in [0.25, 0.3) is 0 Å². The standard InChI is InChI=1S/C27H25ClFN3O5/c1-3-36-22-13-17(12-20(28)24(22)37-14-16-7-6-8-18(29)11-16)23-15(2)31-27(25(23)32(34)35)19-9-4-5-10-21(19)30-26(27)33/h4-13,15,23,25,31H,3,14H2,1-2H3,(H,30,33)/t15-,23-,25+,27-/m0/s1. The Balaban J connectivity index is 1.55. The Labute approximate surface area is 217 Å². The summed E-state index contributed by atoms with van der Waals surface area (Å²) in [7, 11) is 0. The third-order valence-electron chi connectivity index (χ3n) is 6.95. The van der Waals surface area contributed by atoms with Crippen molar-refractivity contribution >= 4 is 23.2 Å². The van der Waals surface area contributed by atoms with E-state index in [1.165, 1.54) is 12.1 Å². The summed E-state index contributed by atoms with van der Waals surface area (Å²) in [6.45, 7) is 3.96. The fraction of sp³-hybridized carbons (Fsp3) is 0.296. The zero-order valence-corrected chi connectivity index (χ0v) is 20.9. The van der Waals surface area contributed by atoms with E-state index in [1.807, 2.05) is 6.92 Å². The van der Waals surface area contributed by atoms with Crippen LogP contribution in [0.4, 0.5) is 10.1 Å². The number of nitrogens with one attached hydrogen (secondary N) is 2. The number of amides is 1. The van der Waals surface area contributed by atoms with E-state index in [0.717, 1.165) is 0 Å². The van der Waals surface area contributed by atoms with Gasteiger partial charge in [0.25, 0.3) is 11.9 Å². The van der Waals surface area contributed by atoms with E-state index >= 15 is 0 Å². The van der Waals surface area contributed by atoms with Gasteiger partial charge in [-0.25, -0.2) is 4.39 Å². The molecule has 0 radical (unpaired) electrons. The number of anilines is 1. The first-order valence-electron chi connectivity index (χ1n) is 11.9. The molecule has 1 amide bonds. The van der Waals surface area contributed by atoms with Crippen molar-refractivity contribution < 1.29 is 23.6 Å². The van der Waals surface area contributed by atoms with Gasteiger partial charge in [0, 0.05) is 22.2 Å². The molecule has 0 saturated carbocycles. The zero-order chi connectivity index (χ0) is 26.3. The molecule has 1 fully saturated rings. The highest BCUT2D eigenvalue weighted by Gasteiger charge is 2.67. The van der Waals surface area contributed by atoms with Crippen LogP contribution in [0.5, 0.6) is 11.5 Å². The number of carbonyl (C=O) groups excluding carboxylic acids is 1. The molecule has 3 aromatic rings. The second-order valence-corrected chi connectivity index (χ2v) is 9.59. The third kappa shape index (κ3) is 4.18. The lowest BCUT2D eigenvalue weighted by molar-refractivity contribution is -0.532. The predicted octanol–water partition coefficient (Wildman–Crippen LogP) is 5.03. The van der Waals surface area contributed by atoms with Crippen LogP contribution in [0.2, 0.25) is 5.02 Å². The first-order chi connectivity index (χ1) is 17.8. The van der Waals surface area contributed by atoms with Gasteiger partial charge in [0.1, 0.15) is 12.4 Å². The van der Waals surface area contributed by atoms with E-state index in [4.69, 9.17) is 21.1 Å². The fourth-order valence-corrected chi connectivity index (χ4v) is 5.79. The van der Waals surface area contributed by atoms with Crippen LogP contribution in [0.1, 0.15) is 36.5 Å². The summed E-state index contributed by atoms with van der Waals surface area (Å²) in [5.41, 5.74) is 0.713. The summed E-state index contributed by atoms with van der Waals surface area (Å²) in [5.74, 6) is -0.983. The average Bonchev–Trinajstić information content (AvgIpc) is 3.32. The molecule has 0 aliphatic carbocycles. The molecule has 2 N–H and O–H groups in total. The average molecular weight is 526 g/mol. The summed E-state index contributed by atoms with van der Waals surface area (Å²) in [5, 5.41) is 18.8. The molecule has 192 valence electrons.